The van der Waals surface area contributed by atoms with E-state index >= 15 is 0 Å². The maximum atomic E-state index is 13.4. The van der Waals surface area contributed by atoms with Crippen molar-refractivity contribution in [1.29, 1.82) is 0 Å². The van der Waals surface area contributed by atoms with E-state index in [4.69, 9.17) is 11.6 Å². The van der Waals surface area contributed by atoms with E-state index in [1.807, 2.05) is 13.1 Å². The van der Waals surface area contributed by atoms with Crippen molar-refractivity contribution in [1.82, 2.24) is 10.2 Å². The Hall–Kier alpha value is -0.640. The van der Waals surface area contributed by atoms with Crippen molar-refractivity contribution >= 4 is 11.6 Å². The highest BCUT2D eigenvalue weighted by Crippen LogP contribution is 2.22. The molecule has 1 aromatic rings. The zero-order chi connectivity index (χ0) is 13.7. The molecule has 1 aromatic carbocycles. The van der Waals surface area contributed by atoms with Gasteiger partial charge in [0.15, 0.2) is 0 Å². The molecular formula is C15H22ClFN2. The third-order valence-corrected chi connectivity index (χ3v) is 4.21. The Labute approximate surface area is 119 Å². The first-order valence-corrected chi connectivity index (χ1v) is 7.37. The second-order valence-electron chi connectivity index (χ2n) is 5.36. The Morgan fingerprint density at radius 3 is 2.74 bits per heavy atom. The molecule has 0 aromatic heterocycles. The number of nitrogens with one attached hydrogen (secondary N) is 1. The van der Waals surface area contributed by atoms with Gasteiger partial charge in [0.1, 0.15) is 5.82 Å². The van der Waals surface area contributed by atoms with Gasteiger partial charge < -0.3 is 5.32 Å². The van der Waals surface area contributed by atoms with Gasteiger partial charge in [-0.05, 0) is 69.6 Å². The van der Waals surface area contributed by atoms with Gasteiger partial charge in [-0.25, -0.2) is 4.39 Å². The van der Waals surface area contributed by atoms with Crippen LogP contribution in [0.25, 0.3) is 0 Å². The fourth-order valence-electron chi connectivity index (χ4n) is 2.68. The third-order valence-electron chi connectivity index (χ3n) is 3.90. The van der Waals surface area contributed by atoms with Crippen LogP contribution in [0.15, 0.2) is 18.2 Å². The lowest BCUT2D eigenvalue weighted by Crippen LogP contribution is -2.34. The van der Waals surface area contributed by atoms with Crippen molar-refractivity contribution in [3.05, 3.63) is 34.6 Å². The summed E-state index contributed by atoms with van der Waals surface area (Å²) in [5.74, 6) is 0.522. The van der Waals surface area contributed by atoms with E-state index in [0.29, 0.717) is 0 Å². The topological polar surface area (TPSA) is 15.3 Å². The van der Waals surface area contributed by atoms with Crippen LogP contribution in [0, 0.1) is 11.7 Å². The Morgan fingerprint density at radius 1 is 1.37 bits per heavy atom. The Bertz CT molecular complexity index is 403. The lowest BCUT2D eigenvalue weighted by atomic mass is 9.93. The van der Waals surface area contributed by atoms with Gasteiger partial charge in [-0.2, -0.15) is 0 Å². The smallest absolute Gasteiger partial charge is 0.142 e. The van der Waals surface area contributed by atoms with Crippen molar-refractivity contribution in [2.24, 2.45) is 5.92 Å². The minimum atomic E-state index is -0.317. The summed E-state index contributed by atoms with van der Waals surface area (Å²) in [6.45, 7) is 4.15. The molecule has 0 saturated carbocycles. The zero-order valence-corrected chi connectivity index (χ0v) is 12.2. The van der Waals surface area contributed by atoms with Crippen LogP contribution in [0.5, 0.6) is 0 Å². The normalized spacial score (nSPS) is 17.8. The van der Waals surface area contributed by atoms with Crippen molar-refractivity contribution in [3.8, 4) is 0 Å². The van der Waals surface area contributed by atoms with Crippen LogP contribution in [0.2, 0.25) is 5.02 Å². The maximum Gasteiger partial charge on any atom is 0.142 e. The average molecular weight is 285 g/mol. The molecule has 1 N–H and O–H groups in total. The molecule has 0 aliphatic carbocycles. The fraction of sp³-hybridized carbons (Fsp3) is 0.600. The largest absolute Gasteiger partial charge is 0.320 e. The molecule has 2 nitrogen and oxygen atoms in total. The number of nitrogens with zero attached hydrogens (tertiary/aromatic N) is 1. The summed E-state index contributed by atoms with van der Waals surface area (Å²) in [5.41, 5.74) is 1.01. The van der Waals surface area contributed by atoms with E-state index in [9.17, 15) is 4.39 Å². The number of hydrogen-bond acceptors (Lipinski definition) is 2. The molecule has 2 rings (SSSR count). The molecule has 0 amide bonds. The number of likely N-dealkylation sites (tertiary alicyclic amines) is 1. The molecule has 0 radical (unpaired) electrons. The SMILES string of the molecule is CNCCC1CCN(Cc2ccc(Cl)c(F)c2)CC1. The summed E-state index contributed by atoms with van der Waals surface area (Å²) >= 11 is 5.70. The van der Waals surface area contributed by atoms with Gasteiger partial charge in [-0.15, -0.1) is 0 Å². The first-order chi connectivity index (χ1) is 9.19. The van der Waals surface area contributed by atoms with E-state index in [1.54, 1.807) is 12.1 Å². The first kappa shape index (κ1) is 14.8. The summed E-state index contributed by atoms with van der Waals surface area (Å²) in [6.07, 6.45) is 3.76. The van der Waals surface area contributed by atoms with Crippen LogP contribution in [0.4, 0.5) is 4.39 Å². The molecule has 0 atom stereocenters. The molecule has 1 aliphatic rings. The predicted octanol–water partition coefficient (Wildman–Crippen LogP) is 3.30. The van der Waals surface area contributed by atoms with Gasteiger partial charge >= 0.3 is 0 Å². The highest BCUT2D eigenvalue weighted by molar-refractivity contribution is 6.30. The van der Waals surface area contributed by atoms with Gasteiger partial charge in [0.2, 0.25) is 0 Å². The molecule has 19 heavy (non-hydrogen) atoms. The molecular weight excluding hydrogens is 263 g/mol. The van der Waals surface area contributed by atoms with Crippen LogP contribution in [-0.2, 0) is 6.54 Å². The first-order valence-electron chi connectivity index (χ1n) is 7.00. The van der Waals surface area contributed by atoms with E-state index < -0.39 is 0 Å². The molecule has 1 fully saturated rings. The average Bonchev–Trinajstić information content (AvgIpc) is 2.42. The Kier molecular flexibility index (Phi) is 5.61. The van der Waals surface area contributed by atoms with Crippen LogP contribution < -0.4 is 5.32 Å². The van der Waals surface area contributed by atoms with Crippen LogP contribution in [0.1, 0.15) is 24.8 Å². The highest BCUT2D eigenvalue weighted by Gasteiger charge is 2.18. The van der Waals surface area contributed by atoms with Gasteiger partial charge in [0, 0.05) is 6.54 Å². The van der Waals surface area contributed by atoms with Gasteiger partial charge in [-0.1, -0.05) is 17.7 Å². The number of halogens is 2. The van der Waals surface area contributed by atoms with Crippen molar-refractivity contribution < 1.29 is 4.39 Å². The molecule has 4 heteroatoms. The van der Waals surface area contributed by atoms with E-state index in [2.05, 4.69) is 10.2 Å². The van der Waals surface area contributed by atoms with E-state index in [-0.39, 0.29) is 10.8 Å². The summed E-state index contributed by atoms with van der Waals surface area (Å²) < 4.78 is 13.4. The van der Waals surface area contributed by atoms with Gasteiger partial charge in [0.25, 0.3) is 0 Å². The lowest BCUT2D eigenvalue weighted by Gasteiger charge is -2.32. The van der Waals surface area contributed by atoms with Gasteiger partial charge in [-0.3, -0.25) is 4.90 Å². The number of rotatable bonds is 5. The van der Waals surface area contributed by atoms with Crippen molar-refractivity contribution in [2.45, 2.75) is 25.8 Å². The van der Waals surface area contributed by atoms with Crippen LogP contribution in [-0.4, -0.2) is 31.6 Å². The lowest BCUT2D eigenvalue weighted by molar-refractivity contribution is 0.172. The monoisotopic (exact) mass is 284 g/mol. The fourth-order valence-corrected chi connectivity index (χ4v) is 2.80. The molecule has 1 heterocycles. The van der Waals surface area contributed by atoms with Gasteiger partial charge in [0.05, 0.1) is 5.02 Å². The second kappa shape index (κ2) is 7.22. The molecule has 0 unspecified atom stereocenters. The third kappa shape index (κ3) is 4.44. The Morgan fingerprint density at radius 2 is 2.11 bits per heavy atom. The molecule has 1 aliphatic heterocycles. The van der Waals surface area contributed by atoms with E-state index in [1.165, 1.54) is 19.3 Å². The van der Waals surface area contributed by atoms with Crippen molar-refractivity contribution in [3.63, 3.8) is 0 Å². The minimum Gasteiger partial charge on any atom is -0.320 e. The standard InChI is InChI=1S/C15H22ClFN2/c1-18-7-4-12-5-8-19(9-6-12)11-13-2-3-14(16)15(17)10-13/h2-3,10,12,18H,4-9,11H2,1H3. The zero-order valence-electron chi connectivity index (χ0n) is 11.5. The van der Waals surface area contributed by atoms with Crippen LogP contribution >= 0.6 is 11.6 Å². The molecule has 0 spiro atoms. The maximum absolute atomic E-state index is 13.4. The molecule has 0 bridgehead atoms. The summed E-state index contributed by atoms with van der Waals surface area (Å²) in [4.78, 5) is 2.40. The summed E-state index contributed by atoms with van der Waals surface area (Å²) in [7, 11) is 2.00. The minimum absolute atomic E-state index is 0.203. The van der Waals surface area contributed by atoms with E-state index in [0.717, 1.165) is 37.7 Å². The highest BCUT2D eigenvalue weighted by atomic mass is 35.5. The number of benzene rings is 1. The van der Waals surface area contributed by atoms with Crippen molar-refractivity contribution in [2.75, 3.05) is 26.7 Å². The Balaban J connectivity index is 1.80. The number of hydrogen-bond donors (Lipinski definition) is 1. The molecule has 1 saturated heterocycles. The summed E-state index contributed by atoms with van der Waals surface area (Å²) in [5, 5.41) is 3.41. The number of piperidine rings is 1. The van der Waals surface area contributed by atoms with Crippen LogP contribution in [0.3, 0.4) is 0 Å². The predicted molar refractivity (Wildman–Crippen MR) is 78.0 cm³/mol. The second-order valence-corrected chi connectivity index (χ2v) is 5.77. The summed E-state index contributed by atoms with van der Waals surface area (Å²) in [6, 6.07) is 5.11. The molecule has 106 valence electrons. The quantitative estimate of drug-likeness (QED) is 0.892.